The third-order valence-corrected chi connectivity index (χ3v) is 4.28. The predicted molar refractivity (Wildman–Crippen MR) is 103 cm³/mol. The van der Waals surface area contributed by atoms with Crippen molar-refractivity contribution in [3.8, 4) is 22.8 Å². The van der Waals surface area contributed by atoms with Crippen LogP contribution in [0.3, 0.4) is 0 Å². The molecule has 0 saturated heterocycles. The Bertz CT molecular complexity index is 913. The van der Waals surface area contributed by atoms with E-state index < -0.39 is 5.54 Å². The van der Waals surface area contributed by atoms with Crippen molar-refractivity contribution in [1.82, 2.24) is 14.8 Å². The maximum Gasteiger partial charge on any atom is 0.251 e. The first kappa shape index (κ1) is 18.4. The van der Waals surface area contributed by atoms with Crippen molar-refractivity contribution < 1.29 is 14.3 Å². The van der Waals surface area contributed by atoms with E-state index in [0.29, 0.717) is 17.2 Å². The molecule has 0 aliphatic heterocycles. The minimum atomic E-state index is -0.913. The van der Waals surface area contributed by atoms with Gasteiger partial charge in [-0.2, -0.15) is 5.10 Å². The van der Waals surface area contributed by atoms with Gasteiger partial charge in [0.1, 0.15) is 17.0 Å². The number of amides is 1. The third kappa shape index (κ3) is 3.92. The van der Waals surface area contributed by atoms with Crippen LogP contribution < -0.4 is 14.8 Å². The van der Waals surface area contributed by atoms with Crippen LogP contribution in [-0.4, -0.2) is 34.9 Å². The highest BCUT2D eigenvalue weighted by atomic mass is 16.5. The smallest absolute Gasteiger partial charge is 0.251 e. The maximum absolute atomic E-state index is 12.9. The number of anilines is 1. The molecule has 1 amide bonds. The number of rotatable bonds is 6. The molecule has 0 spiro atoms. The van der Waals surface area contributed by atoms with Crippen LogP contribution in [0.1, 0.15) is 13.8 Å². The Hall–Kier alpha value is -3.35. The Kier molecular flexibility index (Phi) is 5.12. The van der Waals surface area contributed by atoms with E-state index in [9.17, 15) is 4.79 Å². The zero-order valence-corrected chi connectivity index (χ0v) is 15.8. The quantitative estimate of drug-likeness (QED) is 0.724. The number of hydrogen-bond donors (Lipinski definition) is 1. The molecule has 2 heterocycles. The number of carbonyl (C=O) groups excluding carboxylic acids is 1. The molecule has 0 atom stereocenters. The lowest BCUT2D eigenvalue weighted by Gasteiger charge is -2.24. The SMILES string of the molecule is COc1cc(NC(=O)C(C)(C)n2cc(-c3ccccn3)cn2)cc(OC)c1. The van der Waals surface area contributed by atoms with Gasteiger partial charge < -0.3 is 14.8 Å². The molecule has 0 radical (unpaired) electrons. The molecular weight excluding hydrogens is 344 g/mol. The molecule has 3 rings (SSSR count). The van der Waals surface area contributed by atoms with E-state index in [-0.39, 0.29) is 5.91 Å². The Morgan fingerprint density at radius 1 is 1.11 bits per heavy atom. The second-order valence-corrected chi connectivity index (χ2v) is 6.50. The standard InChI is InChI=1S/C20H22N4O3/c1-20(2,24-13-14(12-22-24)18-7-5-6-8-21-18)19(25)23-15-9-16(26-3)11-17(10-15)27-4/h5-13H,1-4H3,(H,23,25). The van der Waals surface area contributed by atoms with Gasteiger partial charge in [-0.05, 0) is 26.0 Å². The van der Waals surface area contributed by atoms with Crippen LogP contribution in [0.2, 0.25) is 0 Å². The summed E-state index contributed by atoms with van der Waals surface area (Å²) in [5, 5.41) is 7.26. The van der Waals surface area contributed by atoms with Crippen molar-refractivity contribution in [3.05, 3.63) is 55.0 Å². The van der Waals surface area contributed by atoms with Crippen molar-refractivity contribution in [2.45, 2.75) is 19.4 Å². The Morgan fingerprint density at radius 3 is 2.41 bits per heavy atom. The Labute approximate surface area is 158 Å². The summed E-state index contributed by atoms with van der Waals surface area (Å²) < 4.78 is 12.1. The van der Waals surface area contributed by atoms with Gasteiger partial charge in [0.15, 0.2) is 0 Å². The van der Waals surface area contributed by atoms with Gasteiger partial charge in [-0.25, -0.2) is 0 Å². The molecule has 1 N–H and O–H groups in total. The summed E-state index contributed by atoms with van der Waals surface area (Å²) in [4.78, 5) is 17.2. The highest BCUT2D eigenvalue weighted by molar-refractivity contribution is 5.96. The van der Waals surface area contributed by atoms with Gasteiger partial charge in [-0.3, -0.25) is 14.5 Å². The van der Waals surface area contributed by atoms with E-state index in [2.05, 4.69) is 15.4 Å². The Morgan fingerprint density at radius 2 is 1.81 bits per heavy atom. The van der Waals surface area contributed by atoms with Gasteiger partial charge in [0, 0.05) is 41.8 Å². The molecule has 0 unspecified atom stereocenters. The molecule has 7 heteroatoms. The molecule has 0 saturated carbocycles. The van der Waals surface area contributed by atoms with Crippen molar-refractivity contribution in [3.63, 3.8) is 0 Å². The molecule has 0 bridgehead atoms. The first-order valence-electron chi connectivity index (χ1n) is 8.45. The summed E-state index contributed by atoms with van der Waals surface area (Å²) in [6.45, 7) is 3.60. The van der Waals surface area contributed by atoms with E-state index in [0.717, 1.165) is 11.3 Å². The summed E-state index contributed by atoms with van der Waals surface area (Å²) in [5.74, 6) is 0.978. The third-order valence-electron chi connectivity index (χ3n) is 4.28. The molecule has 2 aromatic heterocycles. The lowest BCUT2D eigenvalue weighted by Crippen LogP contribution is -2.40. The van der Waals surface area contributed by atoms with Crippen molar-refractivity contribution >= 4 is 11.6 Å². The molecular formula is C20H22N4O3. The Balaban J connectivity index is 1.83. The fourth-order valence-corrected chi connectivity index (χ4v) is 2.56. The van der Waals surface area contributed by atoms with Crippen molar-refractivity contribution in [2.75, 3.05) is 19.5 Å². The number of pyridine rings is 1. The summed E-state index contributed by atoms with van der Waals surface area (Å²) in [5.41, 5.74) is 1.32. The molecule has 0 aliphatic carbocycles. The summed E-state index contributed by atoms with van der Waals surface area (Å²) in [7, 11) is 3.13. The minimum Gasteiger partial charge on any atom is -0.497 e. The average molecular weight is 366 g/mol. The number of nitrogens with zero attached hydrogens (tertiary/aromatic N) is 3. The first-order chi connectivity index (χ1) is 12.9. The molecule has 7 nitrogen and oxygen atoms in total. The van der Waals surface area contributed by atoms with Crippen LogP contribution in [0.5, 0.6) is 11.5 Å². The zero-order valence-electron chi connectivity index (χ0n) is 15.8. The molecule has 27 heavy (non-hydrogen) atoms. The van der Waals surface area contributed by atoms with E-state index in [1.807, 2.05) is 24.4 Å². The lowest BCUT2D eigenvalue weighted by molar-refractivity contribution is -0.123. The summed E-state index contributed by atoms with van der Waals surface area (Å²) >= 11 is 0. The fraction of sp³-hybridized carbons (Fsp3) is 0.250. The molecule has 140 valence electrons. The second kappa shape index (κ2) is 7.49. The van der Waals surface area contributed by atoms with E-state index in [1.54, 1.807) is 63.3 Å². The topological polar surface area (TPSA) is 78.3 Å². The molecule has 3 aromatic rings. The molecule has 0 fully saturated rings. The number of aromatic nitrogens is 3. The van der Waals surface area contributed by atoms with Crippen molar-refractivity contribution in [1.29, 1.82) is 0 Å². The van der Waals surface area contributed by atoms with Crippen LogP contribution in [0.15, 0.2) is 55.0 Å². The largest absolute Gasteiger partial charge is 0.497 e. The highest BCUT2D eigenvalue weighted by Crippen LogP contribution is 2.27. The van der Waals surface area contributed by atoms with Gasteiger partial charge in [0.25, 0.3) is 5.91 Å². The van der Waals surface area contributed by atoms with E-state index in [1.165, 1.54) is 0 Å². The van der Waals surface area contributed by atoms with Gasteiger partial charge in [-0.15, -0.1) is 0 Å². The second-order valence-electron chi connectivity index (χ2n) is 6.50. The first-order valence-corrected chi connectivity index (χ1v) is 8.45. The van der Waals surface area contributed by atoms with Crippen LogP contribution >= 0.6 is 0 Å². The average Bonchev–Trinajstić information content (AvgIpc) is 3.19. The van der Waals surface area contributed by atoms with Gasteiger partial charge in [0.05, 0.1) is 26.1 Å². The van der Waals surface area contributed by atoms with Gasteiger partial charge in [-0.1, -0.05) is 6.07 Å². The van der Waals surface area contributed by atoms with Crippen LogP contribution in [0.4, 0.5) is 5.69 Å². The maximum atomic E-state index is 12.9. The van der Waals surface area contributed by atoms with Crippen LogP contribution in [-0.2, 0) is 10.3 Å². The monoisotopic (exact) mass is 366 g/mol. The van der Waals surface area contributed by atoms with Crippen molar-refractivity contribution in [2.24, 2.45) is 0 Å². The molecule has 1 aromatic carbocycles. The minimum absolute atomic E-state index is 0.214. The number of ether oxygens (including phenoxy) is 2. The van der Waals surface area contributed by atoms with Gasteiger partial charge in [0.2, 0.25) is 0 Å². The van der Waals surface area contributed by atoms with E-state index >= 15 is 0 Å². The zero-order chi connectivity index (χ0) is 19.4. The number of nitrogens with one attached hydrogen (secondary N) is 1. The van der Waals surface area contributed by atoms with Crippen LogP contribution in [0, 0.1) is 0 Å². The highest BCUT2D eigenvalue weighted by Gasteiger charge is 2.31. The molecule has 0 aliphatic rings. The number of benzene rings is 1. The summed E-state index contributed by atoms with van der Waals surface area (Å²) in [6.07, 6.45) is 5.24. The van der Waals surface area contributed by atoms with E-state index in [4.69, 9.17) is 9.47 Å². The number of carbonyl (C=O) groups is 1. The fourth-order valence-electron chi connectivity index (χ4n) is 2.56. The lowest BCUT2D eigenvalue weighted by atomic mass is 10.0. The number of methoxy groups -OCH3 is 2. The summed E-state index contributed by atoms with van der Waals surface area (Å²) in [6, 6.07) is 10.9. The normalized spacial score (nSPS) is 11.1. The van der Waals surface area contributed by atoms with Gasteiger partial charge >= 0.3 is 0 Å². The predicted octanol–water partition coefficient (Wildman–Crippen LogP) is 3.34. The number of hydrogen-bond acceptors (Lipinski definition) is 5. The van der Waals surface area contributed by atoms with Crippen LogP contribution in [0.25, 0.3) is 11.3 Å².